The number of nitrogen functional groups attached to an aromatic ring is 1. The minimum atomic E-state index is -0.0243. The summed E-state index contributed by atoms with van der Waals surface area (Å²) in [6.45, 7) is 6.90. The maximum absolute atomic E-state index is 11.7. The van der Waals surface area contributed by atoms with Gasteiger partial charge in [0.05, 0.1) is 0 Å². The van der Waals surface area contributed by atoms with Crippen LogP contribution in [0.15, 0.2) is 18.2 Å². The zero-order chi connectivity index (χ0) is 12.1. The van der Waals surface area contributed by atoms with Crippen LogP contribution in [0.2, 0.25) is 0 Å². The molecule has 16 heavy (non-hydrogen) atoms. The third-order valence-corrected chi connectivity index (χ3v) is 2.54. The number of amides is 1. The molecule has 3 heteroatoms. The molecular formula is C13H20N2O. The van der Waals surface area contributed by atoms with E-state index >= 15 is 0 Å². The number of nitrogens with two attached hydrogens (primary N) is 1. The van der Waals surface area contributed by atoms with Crippen LogP contribution in [-0.4, -0.2) is 12.5 Å². The lowest BCUT2D eigenvalue weighted by molar-refractivity contribution is 0.0952. The van der Waals surface area contributed by atoms with Gasteiger partial charge in [0.15, 0.2) is 0 Å². The van der Waals surface area contributed by atoms with Crippen LogP contribution < -0.4 is 11.1 Å². The van der Waals surface area contributed by atoms with Gasteiger partial charge in [-0.25, -0.2) is 0 Å². The quantitative estimate of drug-likeness (QED) is 0.765. The van der Waals surface area contributed by atoms with Crippen LogP contribution in [0.3, 0.4) is 0 Å². The summed E-state index contributed by atoms with van der Waals surface area (Å²) in [5, 5.41) is 2.90. The number of rotatable bonds is 4. The molecule has 0 atom stereocenters. The first-order chi connectivity index (χ1) is 7.50. The molecule has 0 aliphatic rings. The van der Waals surface area contributed by atoms with Gasteiger partial charge in [-0.15, -0.1) is 0 Å². The first-order valence-corrected chi connectivity index (χ1v) is 5.65. The smallest absolute Gasteiger partial charge is 0.251 e. The van der Waals surface area contributed by atoms with E-state index in [9.17, 15) is 4.79 Å². The molecule has 3 nitrogen and oxygen atoms in total. The summed E-state index contributed by atoms with van der Waals surface area (Å²) in [5.74, 6) is 0.581. The van der Waals surface area contributed by atoms with E-state index in [0.717, 1.165) is 24.2 Å². The minimum absolute atomic E-state index is 0.0243. The van der Waals surface area contributed by atoms with Crippen LogP contribution in [0.5, 0.6) is 0 Å². The number of nitrogens with one attached hydrogen (secondary N) is 1. The van der Waals surface area contributed by atoms with Gasteiger partial charge in [0, 0.05) is 17.8 Å². The summed E-state index contributed by atoms with van der Waals surface area (Å²) < 4.78 is 0. The van der Waals surface area contributed by atoms with Crippen molar-refractivity contribution in [3.63, 3.8) is 0 Å². The molecule has 0 radical (unpaired) electrons. The standard InChI is InChI=1S/C13H20N2O/c1-9(2)6-7-15-13(16)11-4-5-12(14)10(3)8-11/h4-5,8-9H,6-7,14H2,1-3H3,(H,15,16). The number of carbonyl (C=O) groups is 1. The lowest BCUT2D eigenvalue weighted by Gasteiger charge is -2.08. The van der Waals surface area contributed by atoms with Gasteiger partial charge in [0.1, 0.15) is 0 Å². The first kappa shape index (κ1) is 12.6. The maximum Gasteiger partial charge on any atom is 0.251 e. The van der Waals surface area contributed by atoms with Gasteiger partial charge in [-0.05, 0) is 43.0 Å². The molecule has 0 aromatic heterocycles. The molecule has 0 saturated carbocycles. The van der Waals surface area contributed by atoms with Gasteiger partial charge < -0.3 is 11.1 Å². The fourth-order valence-corrected chi connectivity index (χ4v) is 1.39. The largest absolute Gasteiger partial charge is 0.399 e. The number of aryl methyl sites for hydroxylation is 1. The molecular weight excluding hydrogens is 200 g/mol. The molecule has 1 rings (SSSR count). The topological polar surface area (TPSA) is 55.1 Å². The number of hydrogen-bond acceptors (Lipinski definition) is 2. The summed E-state index contributed by atoms with van der Waals surface area (Å²) in [6.07, 6.45) is 1.000. The molecule has 88 valence electrons. The van der Waals surface area contributed by atoms with Gasteiger partial charge in [0.25, 0.3) is 5.91 Å². The third kappa shape index (κ3) is 3.57. The maximum atomic E-state index is 11.7. The van der Waals surface area contributed by atoms with Crippen LogP contribution in [0.25, 0.3) is 0 Å². The van der Waals surface area contributed by atoms with E-state index in [1.807, 2.05) is 13.0 Å². The van der Waals surface area contributed by atoms with Gasteiger partial charge in [-0.1, -0.05) is 13.8 Å². The molecule has 0 bridgehead atoms. The summed E-state index contributed by atoms with van der Waals surface area (Å²) in [5.41, 5.74) is 8.04. The minimum Gasteiger partial charge on any atom is -0.399 e. The Morgan fingerprint density at radius 1 is 1.44 bits per heavy atom. The second kappa shape index (κ2) is 5.54. The highest BCUT2D eigenvalue weighted by molar-refractivity contribution is 5.94. The molecule has 0 aliphatic heterocycles. The third-order valence-electron chi connectivity index (χ3n) is 2.54. The van der Waals surface area contributed by atoms with Crippen LogP contribution in [-0.2, 0) is 0 Å². The van der Waals surface area contributed by atoms with Crippen molar-refractivity contribution in [2.24, 2.45) is 5.92 Å². The Morgan fingerprint density at radius 3 is 2.69 bits per heavy atom. The van der Waals surface area contributed by atoms with Gasteiger partial charge >= 0.3 is 0 Å². The molecule has 1 aromatic carbocycles. The second-order valence-electron chi connectivity index (χ2n) is 4.51. The molecule has 3 N–H and O–H groups in total. The zero-order valence-corrected chi connectivity index (χ0v) is 10.2. The van der Waals surface area contributed by atoms with Crippen LogP contribution in [0.4, 0.5) is 5.69 Å². The van der Waals surface area contributed by atoms with Crippen molar-refractivity contribution in [2.45, 2.75) is 27.2 Å². The van der Waals surface area contributed by atoms with Crippen molar-refractivity contribution in [3.8, 4) is 0 Å². The van der Waals surface area contributed by atoms with Crippen LogP contribution >= 0.6 is 0 Å². The second-order valence-corrected chi connectivity index (χ2v) is 4.51. The monoisotopic (exact) mass is 220 g/mol. The number of hydrogen-bond donors (Lipinski definition) is 2. The molecule has 0 unspecified atom stereocenters. The summed E-state index contributed by atoms with van der Waals surface area (Å²) in [6, 6.07) is 5.35. The van der Waals surface area contributed by atoms with Crippen LogP contribution in [0.1, 0.15) is 36.2 Å². The Kier molecular flexibility index (Phi) is 4.35. The molecule has 0 spiro atoms. The Labute approximate surface area is 97.0 Å². The highest BCUT2D eigenvalue weighted by atomic mass is 16.1. The molecule has 1 aromatic rings. The Balaban J connectivity index is 2.56. The fraction of sp³-hybridized carbons (Fsp3) is 0.462. The lowest BCUT2D eigenvalue weighted by Crippen LogP contribution is -2.25. The summed E-state index contributed by atoms with van der Waals surface area (Å²) in [7, 11) is 0. The molecule has 0 saturated heterocycles. The average molecular weight is 220 g/mol. The molecule has 0 fully saturated rings. The van der Waals surface area contributed by atoms with E-state index in [0.29, 0.717) is 11.5 Å². The van der Waals surface area contributed by atoms with E-state index in [2.05, 4.69) is 19.2 Å². The predicted molar refractivity (Wildman–Crippen MR) is 67.4 cm³/mol. The van der Waals surface area contributed by atoms with Crippen molar-refractivity contribution in [1.82, 2.24) is 5.32 Å². The normalized spacial score (nSPS) is 10.5. The van der Waals surface area contributed by atoms with Gasteiger partial charge in [0.2, 0.25) is 0 Å². The highest BCUT2D eigenvalue weighted by Gasteiger charge is 2.06. The van der Waals surface area contributed by atoms with Crippen LogP contribution in [0, 0.1) is 12.8 Å². The number of benzene rings is 1. The zero-order valence-electron chi connectivity index (χ0n) is 10.2. The van der Waals surface area contributed by atoms with E-state index in [4.69, 9.17) is 5.73 Å². The summed E-state index contributed by atoms with van der Waals surface area (Å²) in [4.78, 5) is 11.7. The van der Waals surface area contributed by atoms with Crippen molar-refractivity contribution in [2.75, 3.05) is 12.3 Å². The summed E-state index contributed by atoms with van der Waals surface area (Å²) >= 11 is 0. The van der Waals surface area contributed by atoms with E-state index in [-0.39, 0.29) is 5.91 Å². The molecule has 0 aliphatic carbocycles. The van der Waals surface area contributed by atoms with Crippen molar-refractivity contribution in [3.05, 3.63) is 29.3 Å². The van der Waals surface area contributed by atoms with Crippen molar-refractivity contribution in [1.29, 1.82) is 0 Å². The van der Waals surface area contributed by atoms with Crippen molar-refractivity contribution >= 4 is 11.6 Å². The van der Waals surface area contributed by atoms with E-state index in [1.165, 1.54) is 0 Å². The Bertz CT molecular complexity index is 372. The predicted octanol–water partition coefficient (Wildman–Crippen LogP) is 2.35. The molecule has 1 amide bonds. The number of carbonyl (C=O) groups excluding carboxylic acids is 1. The Morgan fingerprint density at radius 2 is 2.12 bits per heavy atom. The van der Waals surface area contributed by atoms with E-state index < -0.39 is 0 Å². The average Bonchev–Trinajstić information content (AvgIpc) is 2.21. The first-order valence-electron chi connectivity index (χ1n) is 5.65. The fourth-order valence-electron chi connectivity index (χ4n) is 1.39. The Hall–Kier alpha value is -1.51. The highest BCUT2D eigenvalue weighted by Crippen LogP contribution is 2.12. The number of anilines is 1. The van der Waals surface area contributed by atoms with Gasteiger partial charge in [-0.2, -0.15) is 0 Å². The lowest BCUT2D eigenvalue weighted by atomic mass is 10.1. The van der Waals surface area contributed by atoms with Gasteiger partial charge in [-0.3, -0.25) is 4.79 Å². The SMILES string of the molecule is Cc1cc(C(=O)NCCC(C)C)ccc1N. The molecule has 0 heterocycles. The van der Waals surface area contributed by atoms with Crippen molar-refractivity contribution < 1.29 is 4.79 Å². The van der Waals surface area contributed by atoms with E-state index in [1.54, 1.807) is 12.1 Å².